The van der Waals surface area contributed by atoms with E-state index in [4.69, 9.17) is 0 Å². The van der Waals surface area contributed by atoms with Gasteiger partial charge in [-0.15, -0.1) is 0 Å². The van der Waals surface area contributed by atoms with Gasteiger partial charge in [0.15, 0.2) is 0 Å². The lowest BCUT2D eigenvalue weighted by Gasteiger charge is -2.16. The number of benzene rings is 1. The zero-order valence-electron chi connectivity index (χ0n) is 12.6. The van der Waals surface area contributed by atoms with Crippen LogP contribution in [0.5, 0.6) is 0 Å². The van der Waals surface area contributed by atoms with E-state index in [1.807, 2.05) is 0 Å². The molecule has 5 nitrogen and oxygen atoms in total. The third-order valence-electron chi connectivity index (χ3n) is 3.88. The van der Waals surface area contributed by atoms with Crippen LogP contribution in [0.1, 0.15) is 18.4 Å². The van der Waals surface area contributed by atoms with Crippen molar-refractivity contribution in [1.29, 1.82) is 0 Å². The van der Waals surface area contributed by atoms with Crippen molar-refractivity contribution in [3.63, 3.8) is 0 Å². The summed E-state index contributed by atoms with van der Waals surface area (Å²) in [5, 5.41) is 3.59. The van der Waals surface area contributed by atoms with Crippen LogP contribution in [0.25, 0.3) is 10.9 Å². The van der Waals surface area contributed by atoms with Crippen LogP contribution in [0.4, 0.5) is 18.9 Å². The number of carbonyl (C=O) groups is 2. The third kappa shape index (κ3) is 3.17. The predicted molar refractivity (Wildman–Crippen MR) is 81.2 cm³/mol. The fourth-order valence-corrected chi connectivity index (χ4v) is 2.65. The van der Waals surface area contributed by atoms with E-state index in [1.54, 1.807) is 6.07 Å². The highest BCUT2D eigenvalue weighted by atomic mass is 19.4. The summed E-state index contributed by atoms with van der Waals surface area (Å²) in [5.74, 6) is -0.396. The van der Waals surface area contributed by atoms with Gasteiger partial charge in [-0.25, -0.2) is 0 Å². The lowest BCUT2D eigenvalue weighted by Crippen LogP contribution is -2.33. The number of amides is 2. The van der Waals surface area contributed by atoms with Crippen LogP contribution >= 0.6 is 0 Å². The number of hydrogen-bond acceptors (Lipinski definition) is 4. The van der Waals surface area contributed by atoms with E-state index in [1.165, 1.54) is 17.2 Å². The van der Waals surface area contributed by atoms with Crippen LogP contribution in [0.15, 0.2) is 30.5 Å². The van der Waals surface area contributed by atoms with Crippen LogP contribution < -0.4 is 5.32 Å². The second kappa shape index (κ2) is 6.10. The molecular weight excluding hydrogens is 323 g/mol. The van der Waals surface area contributed by atoms with Gasteiger partial charge in [-0.3, -0.25) is 19.5 Å². The maximum absolute atomic E-state index is 12.8. The summed E-state index contributed by atoms with van der Waals surface area (Å²) in [6.45, 7) is 0.541. The molecule has 1 aliphatic rings. The van der Waals surface area contributed by atoms with Gasteiger partial charge in [-0.2, -0.15) is 13.2 Å². The minimum atomic E-state index is -4.42. The molecule has 1 aliphatic heterocycles. The average molecular weight is 337 g/mol. The Hall–Kier alpha value is -2.64. The van der Waals surface area contributed by atoms with Gasteiger partial charge in [-0.05, 0) is 18.2 Å². The zero-order chi connectivity index (χ0) is 17.3. The lowest BCUT2D eigenvalue weighted by molar-refractivity contribution is -0.139. The largest absolute Gasteiger partial charge is 0.416 e. The molecule has 0 spiro atoms. The molecule has 2 aromatic rings. The third-order valence-corrected chi connectivity index (χ3v) is 3.88. The topological polar surface area (TPSA) is 62.3 Å². The summed E-state index contributed by atoms with van der Waals surface area (Å²) < 4.78 is 38.3. The predicted octanol–water partition coefficient (Wildman–Crippen LogP) is 2.81. The minimum absolute atomic E-state index is 0.198. The number of anilines is 1. The maximum atomic E-state index is 12.8. The van der Waals surface area contributed by atoms with Crippen LogP contribution in [-0.2, 0) is 15.8 Å². The normalized spacial score (nSPS) is 15.4. The van der Waals surface area contributed by atoms with Gasteiger partial charge in [-0.1, -0.05) is 6.07 Å². The van der Waals surface area contributed by atoms with E-state index in [2.05, 4.69) is 10.3 Å². The Kier molecular flexibility index (Phi) is 4.13. The molecule has 0 atom stereocenters. The van der Waals surface area contributed by atoms with Crippen molar-refractivity contribution in [2.75, 3.05) is 18.4 Å². The molecule has 1 saturated heterocycles. The van der Waals surface area contributed by atoms with Gasteiger partial charge >= 0.3 is 6.18 Å². The number of nitrogens with zero attached hydrogens (tertiary/aromatic N) is 2. The first-order valence-corrected chi connectivity index (χ1v) is 7.39. The van der Waals surface area contributed by atoms with Crippen molar-refractivity contribution >= 4 is 28.4 Å². The maximum Gasteiger partial charge on any atom is 0.416 e. The van der Waals surface area contributed by atoms with Crippen LogP contribution in [0, 0.1) is 0 Å². The van der Waals surface area contributed by atoms with E-state index < -0.39 is 11.7 Å². The summed E-state index contributed by atoms with van der Waals surface area (Å²) in [6.07, 6.45) is -2.54. The number of alkyl halides is 3. The summed E-state index contributed by atoms with van der Waals surface area (Å²) >= 11 is 0. The highest BCUT2D eigenvalue weighted by Gasteiger charge is 2.31. The van der Waals surface area contributed by atoms with Crippen LogP contribution in [0.2, 0.25) is 0 Å². The number of aromatic nitrogens is 1. The number of nitrogens with one attached hydrogen (secondary N) is 1. The molecule has 2 amide bonds. The molecule has 8 heteroatoms. The molecule has 2 heterocycles. The Morgan fingerprint density at radius 2 is 1.83 bits per heavy atom. The monoisotopic (exact) mass is 337 g/mol. The van der Waals surface area contributed by atoms with E-state index in [9.17, 15) is 22.8 Å². The fourth-order valence-electron chi connectivity index (χ4n) is 2.65. The van der Waals surface area contributed by atoms with Gasteiger partial charge in [0.2, 0.25) is 11.8 Å². The van der Waals surface area contributed by atoms with Gasteiger partial charge in [0, 0.05) is 43.2 Å². The van der Waals surface area contributed by atoms with Crippen LogP contribution in [-0.4, -0.2) is 34.8 Å². The fraction of sp³-hybridized carbons (Fsp3) is 0.312. The van der Waals surface area contributed by atoms with Gasteiger partial charge in [0.05, 0.1) is 11.1 Å². The summed E-state index contributed by atoms with van der Waals surface area (Å²) in [4.78, 5) is 28.2. The Morgan fingerprint density at radius 1 is 1.12 bits per heavy atom. The van der Waals surface area contributed by atoms with Crippen molar-refractivity contribution in [1.82, 2.24) is 9.88 Å². The number of hydrogen-bond donors (Lipinski definition) is 1. The molecule has 0 unspecified atom stereocenters. The molecule has 0 bridgehead atoms. The molecule has 0 saturated carbocycles. The number of halogens is 3. The van der Waals surface area contributed by atoms with Crippen LogP contribution in [0.3, 0.4) is 0 Å². The molecule has 3 rings (SSSR count). The van der Waals surface area contributed by atoms with Crippen molar-refractivity contribution < 1.29 is 22.8 Å². The second-order valence-electron chi connectivity index (χ2n) is 5.45. The lowest BCUT2D eigenvalue weighted by atomic mass is 10.1. The molecule has 126 valence electrons. The van der Waals surface area contributed by atoms with Crippen molar-refractivity contribution in [2.24, 2.45) is 0 Å². The van der Waals surface area contributed by atoms with E-state index in [0.29, 0.717) is 17.6 Å². The van der Waals surface area contributed by atoms with E-state index in [-0.39, 0.29) is 36.7 Å². The standard InChI is InChI=1S/C16H14F3N3O2/c17-16(18,19)10-1-2-11-12(5-6-20-13(11)9-10)21-7-8-22-14(23)3-4-15(22)24/h1-2,5-6,9H,3-4,7-8H2,(H,20,21). The number of fused-ring (bicyclic) bond motifs is 1. The average Bonchev–Trinajstić information content (AvgIpc) is 2.85. The summed E-state index contributed by atoms with van der Waals surface area (Å²) in [5.41, 5.74) is 0.0730. The highest BCUT2D eigenvalue weighted by molar-refractivity contribution is 6.02. The Balaban J connectivity index is 1.75. The van der Waals surface area contributed by atoms with Gasteiger partial charge < -0.3 is 5.32 Å². The Bertz CT molecular complexity index is 789. The van der Waals surface area contributed by atoms with E-state index >= 15 is 0 Å². The molecule has 1 aromatic heterocycles. The van der Waals surface area contributed by atoms with Crippen molar-refractivity contribution in [2.45, 2.75) is 19.0 Å². The first kappa shape index (κ1) is 16.2. The number of pyridine rings is 1. The first-order valence-electron chi connectivity index (χ1n) is 7.39. The van der Waals surface area contributed by atoms with E-state index in [0.717, 1.165) is 12.1 Å². The van der Waals surface area contributed by atoms with Crippen molar-refractivity contribution in [3.8, 4) is 0 Å². The number of likely N-dealkylation sites (tertiary alicyclic amines) is 1. The quantitative estimate of drug-likeness (QED) is 0.872. The summed E-state index contributed by atoms with van der Waals surface area (Å²) in [6, 6.07) is 5.00. The number of rotatable bonds is 4. The Labute approximate surface area is 135 Å². The molecule has 0 radical (unpaired) electrons. The Morgan fingerprint density at radius 3 is 2.50 bits per heavy atom. The first-order chi connectivity index (χ1) is 11.4. The number of imide groups is 1. The summed E-state index contributed by atoms with van der Waals surface area (Å²) in [7, 11) is 0. The van der Waals surface area contributed by atoms with Gasteiger partial charge in [0.1, 0.15) is 0 Å². The molecule has 1 aromatic carbocycles. The molecule has 0 aliphatic carbocycles. The molecular formula is C16H14F3N3O2. The zero-order valence-corrected chi connectivity index (χ0v) is 12.6. The van der Waals surface area contributed by atoms with Crippen molar-refractivity contribution in [3.05, 3.63) is 36.0 Å². The molecule has 24 heavy (non-hydrogen) atoms. The SMILES string of the molecule is O=C1CCC(=O)N1CCNc1ccnc2cc(C(F)(F)F)ccc12. The second-order valence-corrected chi connectivity index (χ2v) is 5.45. The molecule has 1 fully saturated rings. The number of carbonyl (C=O) groups excluding carboxylic acids is 2. The smallest absolute Gasteiger partial charge is 0.383 e. The highest BCUT2D eigenvalue weighted by Crippen LogP contribution is 2.32. The van der Waals surface area contributed by atoms with Gasteiger partial charge in [0.25, 0.3) is 0 Å². The molecule has 1 N–H and O–H groups in total. The minimum Gasteiger partial charge on any atom is -0.383 e.